The molecular formula is C18H19N5OS. The van der Waals surface area contributed by atoms with E-state index in [2.05, 4.69) is 26.2 Å². The summed E-state index contributed by atoms with van der Waals surface area (Å²) in [6, 6.07) is 9.45. The summed E-state index contributed by atoms with van der Waals surface area (Å²) < 4.78 is 2.26. The van der Waals surface area contributed by atoms with Crippen LogP contribution in [0.1, 0.15) is 56.0 Å². The molecule has 4 rings (SSSR count). The topological polar surface area (TPSA) is 83.6 Å². The van der Waals surface area contributed by atoms with Crippen molar-refractivity contribution in [2.24, 2.45) is 0 Å². The van der Waals surface area contributed by atoms with Crippen molar-refractivity contribution in [2.45, 2.75) is 55.0 Å². The number of carbonyl (C=O) groups excluding carboxylic acids is 1. The zero-order chi connectivity index (χ0) is 17.4. The molecule has 1 heterocycles. The third-order valence-corrected chi connectivity index (χ3v) is 5.54. The van der Waals surface area contributed by atoms with Gasteiger partial charge in [-0.2, -0.15) is 5.26 Å². The van der Waals surface area contributed by atoms with E-state index in [1.54, 1.807) is 24.3 Å². The summed E-state index contributed by atoms with van der Waals surface area (Å²) in [6.07, 6.45) is 4.75. The van der Waals surface area contributed by atoms with E-state index in [4.69, 9.17) is 5.26 Å². The molecule has 0 saturated heterocycles. The molecular weight excluding hydrogens is 334 g/mol. The number of aromatic nitrogens is 3. The predicted molar refractivity (Wildman–Crippen MR) is 95.4 cm³/mol. The number of amides is 1. The Morgan fingerprint density at radius 2 is 2.00 bits per heavy atom. The molecule has 0 unspecified atom stereocenters. The van der Waals surface area contributed by atoms with E-state index >= 15 is 0 Å². The average Bonchev–Trinajstić information content (AvgIpc) is 3.54. The first-order chi connectivity index (χ1) is 12.2. The fourth-order valence-corrected chi connectivity index (χ4v) is 3.67. The zero-order valence-electron chi connectivity index (χ0n) is 14.0. The van der Waals surface area contributed by atoms with Gasteiger partial charge in [-0.15, -0.1) is 10.2 Å². The van der Waals surface area contributed by atoms with E-state index in [1.807, 2.05) is 6.92 Å². The molecule has 0 aliphatic heterocycles. The van der Waals surface area contributed by atoms with Gasteiger partial charge in [0.15, 0.2) is 5.16 Å². The lowest BCUT2D eigenvalue weighted by atomic mass is 10.2. The largest absolute Gasteiger partial charge is 0.325 e. The van der Waals surface area contributed by atoms with Gasteiger partial charge in [-0.25, -0.2) is 0 Å². The molecule has 1 N–H and O–H groups in total. The quantitative estimate of drug-likeness (QED) is 0.804. The Hall–Kier alpha value is -2.33. The maximum absolute atomic E-state index is 12.5. The lowest BCUT2D eigenvalue weighted by Gasteiger charge is -2.13. The molecule has 2 aromatic rings. The standard InChI is InChI=1S/C18H19N5OS/c1-11(17(24)20-14-6-2-12(10-19)3-7-14)25-18-22-21-16(13-4-5-13)23(18)15-8-9-15/h2-3,6-7,11,13,15H,4-5,8-9H2,1H3,(H,20,24)/t11-/m0/s1. The number of benzene rings is 1. The number of hydrogen-bond acceptors (Lipinski definition) is 5. The van der Waals surface area contributed by atoms with Crippen molar-refractivity contribution >= 4 is 23.4 Å². The third-order valence-electron chi connectivity index (χ3n) is 4.48. The predicted octanol–water partition coefficient (Wildman–Crippen LogP) is 3.48. The molecule has 1 atom stereocenters. The number of nitriles is 1. The molecule has 0 spiro atoms. The first-order valence-corrected chi connectivity index (χ1v) is 9.46. The molecule has 0 radical (unpaired) electrons. The van der Waals surface area contributed by atoms with Crippen molar-refractivity contribution in [1.29, 1.82) is 5.26 Å². The minimum absolute atomic E-state index is 0.0759. The van der Waals surface area contributed by atoms with Crippen molar-refractivity contribution in [2.75, 3.05) is 5.32 Å². The zero-order valence-corrected chi connectivity index (χ0v) is 14.8. The van der Waals surface area contributed by atoms with E-state index < -0.39 is 0 Å². The van der Waals surface area contributed by atoms with Crippen molar-refractivity contribution in [3.63, 3.8) is 0 Å². The summed E-state index contributed by atoms with van der Waals surface area (Å²) in [5.74, 6) is 1.59. The maximum Gasteiger partial charge on any atom is 0.237 e. The normalized spacial score (nSPS) is 17.8. The van der Waals surface area contributed by atoms with Crippen LogP contribution in [0.4, 0.5) is 5.69 Å². The monoisotopic (exact) mass is 353 g/mol. The molecule has 7 heteroatoms. The molecule has 2 aliphatic carbocycles. The van der Waals surface area contributed by atoms with Crippen LogP contribution in [-0.4, -0.2) is 25.9 Å². The second kappa shape index (κ2) is 6.52. The number of nitrogens with one attached hydrogen (secondary N) is 1. The highest BCUT2D eigenvalue weighted by Crippen LogP contribution is 2.46. The van der Waals surface area contributed by atoms with Crippen LogP contribution in [0.25, 0.3) is 0 Å². The molecule has 1 amide bonds. The van der Waals surface area contributed by atoms with Crippen molar-refractivity contribution in [1.82, 2.24) is 14.8 Å². The van der Waals surface area contributed by atoms with Gasteiger partial charge in [-0.1, -0.05) is 11.8 Å². The first-order valence-electron chi connectivity index (χ1n) is 8.58. The van der Waals surface area contributed by atoms with Crippen LogP contribution in [0.2, 0.25) is 0 Å². The number of hydrogen-bond donors (Lipinski definition) is 1. The van der Waals surface area contributed by atoms with Crippen LogP contribution in [-0.2, 0) is 4.79 Å². The van der Waals surface area contributed by atoms with Crippen LogP contribution in [0.5, 0.6) is 0 Å². The van der Waals surface area contributed by atoms with Gasteiger partial charge in [-0.3, -0.25) is 4.79 Å². The SMILES string of the molecule is C[C@H](Sc1nnc(C2CC2)n1C1CC1)C(=O)Nc1ccc(C#N)cc1. The number of thioether (sulfide) groups is 1. The molecule has 0 bridgehead atoms. The van der Waals surface area contributed by atoms with Crippen LogP contribution in [0.3, 0.4) is 0 Å². The van der Waals surface area contributed by atoms with E-state index in [-0.39, 0.29) is 11.2 Å². The first kappa shape index (κ1) is 16.2. The Labute approximate surface area is 150 Å². The molecule has 2 fully saturated rings. The number of nitrogens with zero attached hydrogens (tertiary/aromatic N) is 4. The molecule has 2 aliphatic rings. The van der Waals surface area contributed by atoms with E-state index in [0.29, 0.717) is 23.2 Å². The second-order valence-corrected chi connectivity index (χ2v) is 7.96. The molecule has 25 heavy (non-hydrogen) atoms. The maximum atomic E-state index is 12.5. The Balaban J connectivity index is 1.43. The molecule has 128 valence electrons. The summed E-state index contributed by atoms with van der Waals surface area (Å²) in [7, 11) is 0. The fourth-order valence-electron chi connectivity index (χ4n) is 2.75. The minimum atomic E-state index is -0.274. The number of anilines is 1. The minimum Gasteiger partial charge on any atom is -0.325 e. The summed E-state index contributed by atoms with van der Waals surface area (Å²) in [5.41, 5.74) is 1.27. The lowest BCUT2D eigenvalue weighted by molar-refractivity contribution is -0.115. The highest BCUT2D eigenvalue weighted by molar-refractivity contribution is 8.00. The molecule has 1 aromatic carbocycles. The Morgan fingerprint density at radius 3 is 2.60 bits per heavy atom. The van der Waals surface area contributed by atoms with Gasteiger partial charge >= 0.3 is 0 Å². The van der Waals surface area contributed by atoms with Crippen LogP contribution in [0, 0.1) is 11.3 Å². The highest BCUT2D eigenvalue weighted by Gasteiger charge is 2.37. The van der Waals surface area contributed by atoms with Crippen LogP contribution < -0.4 is 5.32 Å². The fraction of sp³-hybridized carbons (Fsp3) is 0.444. The Bertz CT molecular complexity index is 830. The smallest absolute Gasteiger partial charge is 0.237 e. The van der Waals surface area contributed by atoms with Crippen molar-refractivity contribution < 1.29 is 4.79 Å². The van der Waals surface area contributed by atoms with E-state index in [9.17, 15) is 4.79 Å². The van der Waals surface area contributed by atoms with E-state index in [1.165, 1.54) is 37.4 Å². The molecule has 1 aromatic heterocycles. The lowest BCUT2D eigenvalue weighted by Crippen LogP contribution is -2.23. The van der Waals surface area contributed by atoms with Gasteiger partial charge in [0.2, 0.25) is 5.91 Å². The Morgan fingerprint density at radius 1 is 1.28 bits per heavy atom. The van der Waals surface area contributed by atoms with Gasteiger partial charge in [0.1, 0.15) is 5.82 Å². The molecule has 6 nitrogen and oxygen atoms in total. The van der Waals surface area contributed by atoms with Gasteiger partial charge in [0, 0.05) is 17.6 Å². The summed E-state index contributed by atoms with van der Waals surface area (Å²) in [4.78, 5) is 12.5. The van der Waals surface area contributed by atoms with Gasteiger partial charge in [-0.05, 0) is 56.9 Å². The third kappa shape index (κ3) is 3.54. The van der Waals surface area contributed by atoms with Crippen LogP contribution in [0.15, 0.2) is 29.4 Å². The number of rotatable bonds is 6. The van der Waals surface area contributed by atoms with Gasteiger partial charge in [0.05, 0.1) is 16.9 Å². The van der Waals surface area contributed by atoms with Crippen molar-refractivity contribution in [3.05, 3.63) is 35.7 Å². The summed E-state index contributed by atoms with van der Waals surface area (Å²) in [5, 5.41) is 21.0. The van der Waals surface area contributed by atoms with Crippen LogP contribution >= 0.6 is 11.8 Å². The molecule has 2 saturated carbocycles. The highest BCUT2D eigenvalue weighted by atomic mass is 32.2. The Kier molecular flexibility index (Phi) is 4.22. The van der Waals surface area contributed by atoms with Crippen molar-refractivity contribution in [3.8, 4) is 6.07 Å². The van der Waals surface area contributed by atoms with Gasteiger partial charge < -0.3 is 9.88 Å². The summed E-state index contributed by atoms with van der Waals surface area (Å²) in [6.45, 7) is 1.88. The summed E-state index contributed by atoms with van der Waals surface area (Å²) >= 11 is 1.46. The van der Waals surface area contributed by atoms with E-state index in [0.717, 1.165) is 11.0 Å². The average molecular weight is 353 g/mol. The van der Waals surface area contributed by atoms with Gasteiger partial charge in [0.25, 0.3) is 0 Å². The number of carbonyl (C=O) groups is 1. The second-order valence-electron chi connectivity index (χ2n) is 6.65.